The van der Waals surface area contributed by atoms with E-state index < -0.39 is 0 Å². The lowest BCUT2D eigenvalue weighted by molar-refractivity contribution is 0.670. The van der Waals surface area contributed by atoms with E-state index in [4.69, 9.17) is 4.42 Å². The van der Waals surface area contributed by atoms with E-state index in [-0.39, 0.29) is 0 Å². The van der Waals surface area contributed by atoms with Gasteiger partial charge in [0.2, 0.25) is 0 Å². The van der Waals surface area contributed by atoms with Crippen LogP contribution in [0.5, 0.6) is 0 Å². The first-order chi connectivity index (χ1) is 32.7. The second-order valence-corrected chi connectivity index (χ2v) is 19.0. The average molecular weight is 857 g/mol. The lowest BCUT2D eigenvalue weighted by Gasteiger charge is -2.22. The summed E-state index contributed by atoms with van der Waals surface area (Å²) in [5.74, 6) is 0. The summed E-state index contributed by atoms with van der Waals surface area (Å²) < 4.78 is 6.99. The Morgan fingerprint density at radius 1 is 0.364 bits per heavy atom. The van der Waals surface area contributed by atoms with Crippen molar-refractivity contribution in [2.75, 3.05) is 0 Å². The maximum absolute atomic E-state index is 6.99. The first kappa shape index (κ1) is 37.5. The van der Waals surface area contributed by atoms with Gasteiger partial charge in [-0.15, -0.1) is 11.8 Å². The molecule has 2 heteroatoms. The zero-order valence-corrected chi connectivity index (χ0v) is 36.8. The van der Waals surface area contributed by atoms with Gasteiger partial charge < -0.3 is 4.42 Å². The summed E-state index contributed by atoms with van der Waals surface area (Å²) >= 11 is 2.01. The second kappa shape index (κ2) is 14.8. The average Bonchev–Trinajstić information content (AvgIpc) is 3.95. The highest BCUT2D eigenvalue weighted by Crippen LogP contribution is 2.53. The molecule has 0 saturated heterocycles. The smallest absolute Gasteiger partial charge is 0.143 e. The predicted octanol–water partition coefficient (Wildman–Crippen LogP) is 18.2. The van der Waals surface area contributed by atoms with Crippen molar-refractivity contribution in [3.63, 3.8) is 0 Å². The van der Waals surface area contributed by atoms with Crippen molar-refractivity contribution in [3.8, 4) is 44.5 Å². The maximum atomic E-state index is 6.99. The Labute approximate surface area is 387 Å². The van der Waals surface area contributed by atoms with Crippen LogP contribution in [-0.2, 0) is 0 Å². The molecule has 0 radical (unpaired) electrons. The molecule has 2 aliphatic rings. The van der Waals surface area contributed by atoms with Gasteiger partial charge in [-0.2, -0.15) is 0 Å². The zero-order chi connectivity index (χ0) is 43.3. The van der Waals surface area contributed by atoms with Crippen molar-refractivity contribution < 1.29 is 4.42 Å². The molecule has 14 rings (SSSR count). The molecule has 0 fully saturated rings. The molecule has 1 aliphatic carbocycles. The second-order valence-electron chi connectivity index (χ2n) is 17.7. The van der Waals surface area contributed by atoms with Crippen LogP contribution >= 0.6 is 11.8 Å². The molecule has 0 N–H and O–H groups in total. The summed E-state index contributed by atoms with van der Waals surface area (Å²) in [7, 11) is 0. The van der Waals surface area contributed by atoms with Gasteiger partial charge in [0.05, 0.1) is 0 Å². The van der Waals surface area contributed by atoms with E-state index >= 15 is 0 Å². The molecule has 66 heavy (non-hydrogen) atoms. The van der Waals surface area contributed by atoms with Gasteiger partial charge in [0, 0.05) is 32.0 Å². The van der Waals surface area contributed by atoms with E-state index in [1.165, 1.54) is 109 Å². The number of thioether (sulfide) groups is 1. The number of para-hydroxylation sites is 1. The Morgan fingerprint density at radius 3 is 1.50 bits per heavy atom. The monoisotopic (exact) mass is 856 g/mol. The van der Waals surface area contributed by atoms with Crippen LogP contribution in [0, 0.1) is 0 Å². The molecular formula is C64H40OS. The van der Waals surface area contributed by atoms with E-state index in [1.54, 1.807) is 0 Å². The molecule has 1 atom stereocenters. The number of fused-ring (bicyclic) bond motifs is 10. The minimum atomic E-state index is 0.426. The van der Waals surface area contributed by atoms with Crippen molar-refractivity contribution in [1.82, 2.24) is 0 Å². The third-order valence-corrected chi connectivity index (χ3v) is 15.5. The molecule has 0 spiro atoms. The zero-order valence-electron chi connectivity index (χ0n) is 36.0. The summed E-state index contributed by atoms with van der Waals surface area (Å²) in [5.41, 5.74) is 17.0. The molecule has 2 heterocycles. The highest BCUT2D eigenvalue weighted by molar-refractivity contribution is 8.00. The minimum Gasteiger partial charge on any atom is -0.455 e. The van der Waals surface area contributed by atoms with E-state index in [9.17, 15) is 0 Å². The van der Waals surface area contributed by atoms with Crippen LogP contribution in [0.25, 0.3) is 121 Å². The highest BCUT2D eigenvalue weighted by atomic mass is 32.2. The van der Waals surface area contributed by atoms with E-state index in [1.807, 2.05) is 11.8 Å². The van der Waals surface area contributed by atoms with Crippen LogP contribution in [0.3, 0.4) is 0 Å². The van der Waals surface area contributed by atoms with Gasteiger partial charge in [-0.25, -0.2) is 0 Å². The fourth-order valence-corrected chi connectivity index (χ4v) is 12.5. The Bertz CT molecular complexity index is 3930. The molecule has 1 aliphatic heterocycles. The molecule has 12 aromatic rings. The normalized spacial score (nSPS) is 14.6. The number of allylic oxidation sites excluding steroid dienone is 3. The van der Waals surface area contributed by atoms with Crippen LogP contribution in [0.1, 0.15) is 17.5 Å². The number of hydrogen-bond donors (Lipinski definition) is 0. The third-order valence-electron chi connectivity index (χ3n) is 14.1. The lowest BCUT2D eigenvalue weighted by atomic mass is 9.82. The molecule has 308 valence electrons. The summed E-state index contributed by atoms with van der Waals surface area (Å²) in [5, 5.41) is 12.6. The summed E-state index contributed by atoms with van der Waals surface area (Å²) in [6, 6.07) is 77.9. The van der Waals surface area contributed by atoms with Crippen LogP contribution in [0.2, 0.25) is 0 Å². The van der Waals surface area contributed by atoms with E-state index in [0.717, 1.165) is 33.9 Å². The van der Waals surface area contributed by atoms with Gasteiger partial charge in [0.15, 0.2) is 0 Å². The molecule has 0 bridgehead atoms. The SMILES string of the molecule is C1=C(c2c3ccccc3c(-c3ccc4oc5c(-c6c7ccccc7c(-c7ccccc7)c7ccccc67)cccc5c4c3)c3ccccc23)C=C2c3cc(-c4ccccc4)ccc3SC2C1. The molecule has 0 saturated carbocycles. The Kier molecular flexibility index (Phi) is 8.41. The topological polar surface area (TPSA) is 13.1 Å². The molecule has 1 aromatic heterocycles. The Morgan fingerprint density at radius 2 is 0.879 bits per heavy atom. The first-order valence-electron chi connectivity index (χ1n) is 22.9. The number of benzene rings is 11. The van der Waals surface area contributed by atoms with Crippen LogP contribution < -0.4 is 0 Å². The van der Waals surface area contributed by atoms with E-state index in [0.29, 0.717) is 5.25 Å². The van der Waals surface area contributed by atoms with Crippen molar-refractivity contribution >= 4 is 87.9 Å². The van der Waals surface area contributed by atoms with Gasteiger partial charge in [-0.3, -0.25) is 0 Å². The van der Waals surface area contributed by atoms with Crippen LogP contribution in [0.4, 0.5) is 0 Å². The van der Waals surface area contributed by atoms with Crippen LogP contribution in [-0.4, -0.2) is 5.25 Å². The standard InChI is InChI=1S/C64H40OS/c1-3-16-39(17-4-1)41-31-34-58-55(36-41)56-38-43(32-35-59(56)66-58)62-46-22-9-7-20-44(46)61(45-21-8-10-23-47(45)62)42-30-33-57-54(37-42)52-28-15-29-53(64(52)65-57)63-50-26-13-11-24-48(50)60(40-18-5-2-6-19-40)49-25-12-14-27-51(49)63/h1-34,36-38,59H,35H2. The quantitative estimate of drug-likeness (QED) is 0.160. The molecular weight excluding hydrogens is 817 g/mol. The molecule has 1 unspecified atom stereocenters. The highest BCUT2D eigenvalue weighted by Gasteiger charge is 2.31. The number of hydrogen-bond acceptors (Lipinski definition) is 2. The van der Waals surface area contributed by atoms with Crippen molar-refractivity contribution in [1.29, 1.82) is 0 Å². The summed E-state index contributed by atoms with van der Waals surface area (Å²) in [6.45, 7) is 0. The fraction of sp³-hybridized carbons (Fsp3) is 0.0312. The molecule has 1 nitrogen and oxygen atoms in total. The maximum Gasteiger partial charge on any atom is 0.143 e. The van der Waals surface area contributed by atoms with Crippen molar-refractivity contribution in [3.05, 3.63) is 236 Å². The van der Waals surface area contributed by atoms with E-state index in [2.05, 4.69) is 224 Å². The predicted molar refractivity (Wildman–Crippen MR) is 282 cm³/mol. The summed E-state index contributed by atoms with van der Waals surface area (Å²) in [4.78, 5) is 1.38. The lowest BCUT2D eigenvalue weighted by Crippen LogP contribution is -2.04. The fourth-order valence-electron chi connectivity index (χ4n) is 11.3. The summed E-state index contributed by atoms with van der Waals surface area (Å²) in [6.07, 6.45) is 5.99. The van der Waals surface area contributed by atoms with Crippen molar-refractivity contribution in [2.45, 2.75) is 16.6 Å². The van der Waals surface area contributed by atoms with Gasteiger partial charge in [-0.1, -0.05) is 194 Å². The number of rotatable bonds is 5. The van der Waals surface area contributed by atoms with Crippen LogP contribution in [0.15, 0.2) is 234 Å². The van der Waals surface area contributed by atoms with Gasteiger partial charge in [0.1, 0.15) is 11.2 Å². The minimum absolute atomic E-state index is 0.426. The molecule has 0 amide bonds. The largest absolute Gasteiger partial charge is 0.455 e. The Hall–Kier alpha value is -7.91. The van der Waals surface area contributed by atoms with Gasteiger partial charge >= 0.3 is 0 Å². The third kappa shape index (κ3) is 5.68. The number of furan rings is 1. The first-order valence-corrected chi connectivity index (χ1v) is 23.8. The van der Waals surface area contributed by atoms with Crippen molar-refractivity contribution in [2.24, 2.45) is 0 Å². The molecule has 11 aromatic carbocycles. The van der Waals surface area contributed by atoms with Gasteiger partial charge in [0.25, 0.3) is 0 Å². The van der Waals surface area contributed by atoms with Gasteiger partial charge in [-0.05, 0) is 136 Å². The Balaban J connectivity index is 0.941.